The van der Waals surface area contributed by atoms with Gasteiger partial charge in [-0.05, 0) is 42.9 Å². The maximum absolute atomic E-state index is 12.7. The van der Waals surface area contributed by atoms with Crippen LogP contribution in [0.3, 0.4) is 0 Å². The van der Waals surface area contributed by atoms with Gasteiger partial charge in [0.25, 0.3) is 0 Å². The predicted molar refractivity (Wildman–Crippen MR) is 97.0 cm³/mol. The van der Waals surface area contributed by atoms with Crippen LogP contribution in [0.2, 0.25) is 0 Å². The number of carbonyl (C=O) groups excluding carboxylic acids is 2. The molecule has 0 saturated heterocycles. The molecule has 128 valence electrons. The molecule has 1 fully saturated rings. The Morgan fingerprint density at radius 2 is 2.00 bits per heavy atom. The van der Waals surface area contributed by atoms with Crippen LogP contribution in [0, 0.1) is 41.1 Å². The van der Waals surface area contributed by atoms with Gasteiger partial charge in [0.1, 0.15) is 0 Å². The summed E-state index contributed by atoms with van der Waals surface area (Å²) in [5.74, 6) is 2.74. The van der Waals surface area contributed by atoms with Crippen LogP contribution in [-0.4, -0.2) is 11.6 Å². The Hall–Kier alpha value is -2.39. The minimum Gasteiger partial charge on any atom is -0.307 e. The van der Waals surface area contributed by atoms with Crippen LogP contribution in [-0.2, 0) is 9.59 Å². The quantitative estimate of drug-likeness (QED) is 0.531. The van der Waals surface area contributed by atoms with Crippen LogP contribution < -0.4 is 0 Å². The fraction of sp³-hybridized carbons (Fsp3) is 0.500. The van der Waals surface area contributed by atoms with E-state index in [0.717, 1.165) is 24.0 Å². The molecular formula is C22H23NO2. The third kappa shape index (κ3) is 2.19. The van der Waals surface area contributed by atoms with E-state index < -0.39 is 10.8 Å². The summed E-state index contributed by atoms with van der Waals surface area (Å²) in [6.07, 6.45) is 13.4. The van der Waals surface area contributed by atoms with Gasteiger partial charge in [0.15, 0.2) is 11.6 Å². The van der Waals surface area contributed by atoms with E-state index in [9.17, 15) is 9.59 Å². The highest BCUT2D eigenvalue weighted by molar-refractivity contribution is 6.06. The van der Waals surface area contributed by atoms with Crippen LogP contribution in [0.15, 0.2) is 35.1 Å². The van der Waals surface area contributed by atoms with Crippen molar-refractivity contribution in [1.82, 2.24) is 0 Å². The summed E-state index contributed by atoms with van der Waals surface area (Å²) in [6, 6.07) is 0. The van der Waals surface area contributed by atoms with Gasteiger partial charge in [-0.1, -0.05) is 32.9 Å². The number of nitrogens with zero attached hydrogens (tertiary/aromatic N) is 1. The largest absolute Gasteiger partial charge is 0.307 e. The van der Waals surface area contributed by atoms with Crippen LogP contribution >= 0.6 is 0 Å². The van der Waals surface area contributed by atoms with E-state index in [1.807, 2.05) is 26.8 Å². The Labute approximate surface area is 149 Å². The maximum Gasteiger partial charge on any atom is 0.226 e. The number of Topliss-reactive ketones (excluding diaryl/α,β-unsaturated/α-hetero) is 1. The van der Waals surface area contributed by atoms with E-state index in [1.54, 1.807) is 12.2 Å². The van der Waals surface area contributed by atoms with Crippen molar-refractivity contribution < 1.29 is 9.59 Å². The van der Waals surface area contributed by atoms with Gasteiger partial charge in [0.2, 0.25) is 5.70 Å². The number of terminal acetylenes is 1. The Kier molecular flexibility index (Phi) is 3.70. The van der Waals surface area contributed by atoms with Gasteiger partial charge in [0, 0.05) is 22.7 Å². The molecule has 0 aliphatic heterocycles. The first kappa shape index (κ1) is 17.4. The number of hydrogen-bond donors (Lipinski definition) is 0. The van der Waals surface area contributed by atoms with Crippen LogP contribution in [0.5, 0.6) is 0 Å². The average Bonchev–Trinajstić information content (AvgIpc) is 2.54. The zero-order valence-corrected chi connectivity index (χ0v) is 15.3. The molecule has 0 spiro atoms. The predicted octanol–water partition coefficient (Wildman–Crippen LogP) is 4.28. The minimum atomic E-state index is -0.633. The molecule has 0 heterocycles. The SMILES string of the molecule is [C-]#[N+]C1=C[C@]2(C)C3=CC(=O)C(C)=C[C@]3(CC#C)CC[C@H]2C(C)(C)C1=O. The van der Waals surface area contributed by atoms with Gasteiger partial charge in [-0.15, -0.1) is 12.3 Å². The summed E-state index contributed by atoms with van der Waals surface area (Å²) in [5.41, 5.74) is 0.386. The lowest BCUT2D eigenvalue weighted by Crippen LogP contribution is -2.53. The summed E-state index contributed by atoms with van der Waals surface area (Å²) in [5, 5.41) is 0. The molecule has 3 atom stereocenters. The van der Waals surface area contributed by atoms with E-state index in [-0.39, 0.29) is 28.6 Å². The molecule has 1 saturated carbocycles. The van der Waals surface area contributed by atoms with E-state index in [0.29, 0.717) is 6.42 Å². The second-order valence-electron chi connectivity index (χ2n) is 8.35. The maximum atomic E-state index is 12.7. The molecule has 3 aliphatic rings. The summed E-state index contributed by atoms with van der Waals surface area (Å²) in [4.78, 5) is 28.7. The fourth-order valence-corrected chi connectivity index (χ4v) is 5.37. The number of hydrogen-bond acceptors (Lipinski definition) is 2. The zero-order valence-electron chi connectivity index (χ0n) is 15.3. The molecule has 0 amide bonds. The number of fused-ring (bicyclic) bond motifs is 3. The van der Waals surface area contributed by atoms with Gasteiger partial charge in [-0.2, -0.15) is 0 Å². The van der Waals surface area contributed by atoms with Crippen molar-refractivity contribution in [2.24, 2.45) is 22.2 Å². The fourth-order valence-electron chi connectivity index (χ4n) is 5.37. The number of carbonyl (C=O) groups is 2. The zero-order chi connectivity index (χ0) is 18.6. The van der Waals surface area contributed by atoms with Crippen molar-refractivity contribution >= 4 is 11.6 Å². The summed E-state index contributed by atoms with van der Waals surface area (Å²) in [6.45, 7) is 15.2. The van der Waals surface area contributed by atoms with Crippen LogP contribution in [0.1, 0.15) is 47.0 Å². The van der Waals surface area contributed by atoms with E-state index in [4.69, 9.17) is 13.0 Å². The highest BCUT2D eigenvalue weighted by Crippen LogP contribution is 2.64. The molecule has 25 heavy (non-hydrogen) atoms. The molecule has 3 heteroatoms. The van der Waals surface area contributed by atoms with Crippen molar-refractivity contribution in [3.63, 3.8) is 0 Å². The highest BCUT2D eigenvalue weighted by Gasteiger charge is 2.59. The molecule has 0 unspecified atom stereocenters. The van der Waals surface area contributed by atoms with Crippen molar-refractivity contribution in [3.05, 3.63) is 46.5 Å². The molecule has 0 N–H and O–H groups in total. The van der Waals surface area contributed by atoms with Gasteiger partial charge >= 0.3 is 0 Å². The smallest absolute Gasteiger partial charge is 0.226 e. The third-order valence-corrected chi connectivity index (χ3v) is 6.54. The summed E-state index contributed by atoms with van der Waals surface area (Å²) >= 11 is 0. The van der Waals surface area contributed by atoms with Crippen molar-refractivity contribution in [1.29, 1.82) is 0 Å². The van der Waals surface area contributed by atoms with Gasteiger partial charge in [-0.3, -0.25) is 4.79 Å². The second-order valence-corrected chi connectivity index (χ2v) is 8.35. The molecule has 3 nitrogen and oxygen atoms in total. The highest BCUT2D eigenvalue weighted by atomic mass is 16.1. The lowest BCUT2D eigenvalue weighted by atomic mass is 9.45. The number of rotatable bonds is 1. The normalized spacial score (nSPS) is 36.1. The molecule has 0 aromatic carbocycles. The summed E-state index contributed by atoms with van der Waals surface area (Å²) in [7, 11) is 0. The molecule has 0 radical (unpaired) electrons. The topological polar surface area (TPSA) is 38.5 Å². The first-order chi connectivity index (χ1) is 11.6. The van der Waals surface area contributed by atoms with E-state index in [2.05, 4.69) is 17.7 Å². The molecule has 0 bridgehead atoms. The Morgan fingerprint density at radius 3 is 2.60 bits per heavy atom. The molecule has 0 aromatic rings. The Morgan fingerprint density at radius 1 is 1.32 bits per heavy atom. The molecular weight excluding hydrogens is 310 g/mol. The van der Waals surface area contributed by atoms with E-state index in [1.165, 1.54) is 0 Å². The first-order valence-electron chi connectivity index (χ1n) is 8.67. The third-order valence-electron chi connectivity index (χ3n) is 6.54. The average molecular weight is 333 g/mol. The minimum absolute atomic E-state index is 0.00279. The number of allylic oxidation sites excluding steroid dienone is 6. The van der Waals surface area contributed by atoms with Gasteiger partial charge in [0.05, 0.1) is 6.57 Å². The van der Waals surface area contributed by atoms with Crippen LogP contribution in [0.4, 0.5) is 0 Å². The Bertz CT molecular complexity index is 855. The van der Waals surface area contributed by atoms with Crippen molar-refractivity contribution in [2.45, 2.75) is 47.0 Å². The Balaban J connectivity index is 2.28. The molecule has 3 aliphatic carbocycles. The monoisotopic (exact) mass is 333 g/mol. The van der Waals surface area contributed by atoms with E-state index >= 15 is 0 Å². The molecule has 0 aromatic heterocycles. The summed E-state index contributed by atoms with van der Waals surface area (Å²) < 4.78 is 0. The molecule has 3 rings (SSSR count). The van der Waals surface area contributed by atoms with Crippen molar-refractivity contribution in [3.8, 4) is 12.3 Å². The van der Waals surface area contributed by atoms with Crippen molar-refractivity contribution in [2.75, 3.05) is 0 Å². The standard InChI is InChI=1S/C22H23NO2/c1-7-9-22-10-8-17-20(3,4)19(25)15(23-6)13-21(17,5)18(22)11-16(24)14(2)12-22/h1,11-13,17H,8-10H2,2-5H3/t17-,21-,22-/m0/s1. The van der Waals surface area contributed by atoms with Crippen LogP contribution in [0.25, 0.3) is 4.85 Å². The second kappa shape index (κ2) is 5.30. The lowest BCUT2D eigenvalue weighted by molar-refractivity contribution is -0.130. The number of ketones is 2. The lowest BCUT2D eigenvalue weighted by Gasteiger charge is -2.58. The van der Waals surface area contributed by atoms with Gasteiger partial charge < -0.3 is 4.79 Å². The first-order valence-corrected chi connectivity index (χ1v) is 8.67. The van der Waals surface area contributed by atoms with Gasteiger partial charge in [-0.25, -0.2) is 4.85 Å².